The average Bonchev–Trinajstić information content (AvgIpc) is 3.39. The van der Waals surface area contributed by atoms with Crippen molar-refractivity contribution in [1.82, 2.24) is 0 Å². The zero-order valence-electron chi connectivity index (χ0n) is 20.7. The number of nitrogens with one attached hydrogen (secondary N) is 1. The lowest BCUT2D eigenvalue weighted by atomic mass is 9.52. The molecule has 35 heavy (non-hydrogen) atoms. The first-order valence-corrected chi connectivity index (χ1v) is 12.4. The van der Waals surface area contributed by atoms with Crippen molar-refractivity contribution < 1.29 is 29.6 Å². The van der Waals surface area contributed by atoms with Crippen LogP contribution in [0.4, 0.5) is 10.5 Å². The van der Waals surface area contributed by atoms with Crippen LogP contribution in [0.25, 0.3) is 0 Å². The van der Waals surface area contributed by atoms with Crippen LogP contribution in [-0.2, 0) is 9.53 Å². The number of fused-ring (bicyclic) bond motifs is 3. The molecule has 1 aromatic carbocycles. The van der Waals surface area contributed by atoms with E-state index in [0.717, 1.165) is 6.42 Å². The molecule has 4 N–H and O–H groups in total. The Hall–Kier alpha value is -2.48. The molecule has 2 saturated carbocycles. The van der Waals surface area contributed by atoms with E-state index in [2.05, 4.69) is 19.2 Å². The summed E-state index contributed by atoms with van der Waals surface area (Å²) in [5.41, 5.74) is -2.16. The highest BCUT2D eigenvalue weighted by Gasteiger charge is 2.74. The summed E-state index contributed by atoms with van der Waals surface area (Å²) in [6, 6.07) is 8.85. The maximum absolute atomic E-state index is 14.3. The molecule has 0 radical (unpaired) electrons. The molecule has 1 aromatic rings. The third-order valence-electron chi connectivity index (χ3n) is 9.58. The minimum Gasteiger partial charge on any atom is -0.445 e. The predicted molar refractivity (Wildman–Crippen MR) is 130 cm³/mol. The van der Waals surface area contributed by atoms with E-state index in [9.17, 15) is 24.9 Å². The van der Waals surface area contributed by atoms with Crippen LogP contribution in [-0.4, -0.2) is 51.6 Å². The molecule has 4 aliphatic rings. The van der Waals surface area contributed by atoms with Crippen molar-refractivity contribution in [2.24, 2.45) is 34.5 Å². The lowest BCUT2D eigenvalue weighted by molar-refractivity contribution is -0.216. The molecule has 0 saturated heterocycles. The molecule has 0 aliphatic heterocycles. The van der Waals surface area contributed by atoms with Crippen LogP contribution >= 0.6 is 0 Å². The number of rotatable bonds is 3. The van der Waals surface area contributed by atoms with Gasteiger partial charge in [0.25, 0.3) is 0 Å². The molecule has 2 bridgehead atoms. The van der Waals surface area contributed by atoms with Crippen LogP contribution in [0.5, 0.6) is 0 Å². The number of ether oxygens (including phenoxy) is 1. The third kappa shape index (κ3) is 3.28. The Bertz CT molecular complexity index is 1110. The number of hydrogen-bond acceptors (Lipinski definition) is 6. The van der Waals surface area contributed by atoms with Gasteiger partial charge in [-0.2, -0.15) is 0 Å². The lowest BCUT2D eigenvalue weighted by Crippen LogP contribution is -2.70. The second kappa shape index (κ2) is 8.02. The first kappa shape index (κ1) is 24.2. The molecule has 0 aromatic heterocycles. The number of allylic oxidation sites excluding steroid dienone is 2. The maximum Gasteiger partial charge on any atom is 0.411 e. The van der Waals surface area contributed by atoms with Crippen molar-refractivity contribution >= 4 is 17.6 Å². The zero-order valence-corrected chi connectivity index (χ0v) is 20.7. The van der Waals surface area contributed by atoms with E-state index in [4.69, 9.17) is 4.74 Å². The summed E-state index contributed by atoms with van der Waals surface area (Å²) >= 11 is 0. The van der Waals surface area contributed by atoms with Crippen LogP contribution in [0, 0.1) is 34.5 Å². The highest BCUT2D eigenvalue weighted by atomic mass is 16.5. The fourth-order valence-electron chi connectivity index (χ4n) is 7.45. The summed E-state index contributed by atoms with van der Waals surface area (Å²) in [6.45, 7) is 7.67. The van der Waals surface area contributed by atoms with Crippen molar-refractivity contribution in [3.05, 3.63) is 53.6 Å². The number of para-hydroxylation sites is 1. The normalized spacial score (nSPS) is 41.3. The standard InChI is InChI=1S/C28H35NO6/c1-15-10-11-27-16(2)12-20-21(26(20,3)4)19(24(27)32)13-17(23(31)28(27,34)22(15)30)14-35-25(33)29-18-8-6-5-7-9-18/h5-10,13,16,19-23,30-31,34H,11-12,14H2,1-4H3,(H,29,33)/t16-,19+,20-,21+,22+,23-,27+,28-/m1/s1. The molecule has 7 nitrogen and oxygen atoms in total. The van der Waals surface area contributed by atoms with Crippen LogP contribution in [0.2, 0.25) is 0 Å². The van der Waals surface area contributed by atoms with Crippen molar-refractivity contribution in [3.8, 4) is 0 Å². The van der Waals surface area contributed by atoms with E-state index in [1.807, 2.05) is 19.1 Å². The molecule has 8 atom stereocenters. The van der Waals surface area contributed by atoms with Gasteiger partial charge in [-0.1, -0.05) is 51.1 Å². The van der Waals surface area contributed by atoms with Gasteiger partial charge in [-0.25, -0.2) is 4.79 Å². The van der Waals surface area contributed by atoms with E-state index < -0.39 is 35.2 Å². The van der Waals surface area contributed by atoms with Gasteiger partial charge in [0.2, 0.25) is 0 Å². The number of carbonyl (C=O) groups is 2. The van der Waals surface area contributed by atoms with Gasteiger partial charge in [-0.3, -0.25) is 10.1 Å². The number of benzene rings is 1. The number of hydrogen-bond donors (Lipinski definition) is 4. The molecule has 0 heterocycles. The molecule has 5 rings (SSSR count). The largest absolute Gasteiger partial charge is 0.445 e. The van der Waals surface area contributed by atoms with Crippen LogP contribution in [0.3, 0.4) is 0 Å². The Morgan fingerprint density at radius 2 is 1.86 bits per heavy atom. The van der Waals surface area contributed by atoms with E-state index in [-0.39, 0.29) is 41.6 Å². The molecule has 188 valence electrons. The summed E-state index contributed by atoms with van der Waals surface area (Å²) in [7, 11) is 0. The average molecular weight is 482 g/mol. The lowest BCUT2D eigenvalue weighted by Gasteiger charge is -2.55. The van der Waals surface area contributed by atoms with E-state index >= 15 is 0 Å². The van der Waals surface area contributed by atoms with E-state index in [1.165, 1.54) is 0 Å². The Morgan fingerprint density at radius 1 is 1.17 bits per heavy atom. The number of amides is 1. The predicted octanol–water partition coefficient (Wildman–Crippen LogP) is 3.46. The molecule has 7 heteroatoms. The fraction of sp³-hybridized carbons (Fsp3) is 0.571. The van der Waals surface area contributed by atoms with Crippen LogP contribution < -0.4 is 5.32 Å². The van der Waals surface area contributed by atoms with Gasteiger partial charge in [-0.05, 0) is 66.2 Å². The van der Waals surface area contributed by atoms with Gasteiger partial charge >= 0.3 is 6.09 Å². The van der Waals surface area contributed by atoms with Crippen molar-refractivity contribution in [2.75, 3.05) is 11.9 Å². The Kier molecular flexibility index (Phi) is 5.55. The Balaban J connectivity index is 1.53. The van der Waals surface area contributed by atoms with Crippen LogP contribution in [0.15, 0.2) is 53.6 Å². The van der Waals surface area contributed by atoms with Gasteiger partial charge in [0, 0.05) is 11.6 Å². The molecular formula is C28H35NO6. The number of anilines is 1. The van der Waals surface area contributed by atoms with Gasteiger partial charge < -0.3 is 20.1 Å². The number of Topliss-reactive ketones (excluding diaryl/α,β-unsaturated/α-hetero) is 1. The zero-order chi connectivity index (χ0) is 25.3. The summed E-state index contributed by atoms with van der Waals surface area (Å²) < 4.78 is 5.44. The number of aliphatic hydroxyl groups is 3. The number of carbonyl (C=O) groups excluding carboxylic acids is 2. The molecular weight excluding hydrogens is 446 g/mol. The van der Waals surface area contributed by atoms with E-state index in [1.54, 1.807) is 37.3 Å². The Labute approximate surface area is 205 Å². The van der Waals surface area contributed by atoms with E-state index in [0.29, 0.717) is 17.2 Å². The monoisotopic (exact) mass is 481 g/mol. The van der Waals surface area contributed by atoms with Gasteiger partial charge in [0.15, 0.2) is 0 Å². The molecule has 1 spiro atoms. The fourth-order valence-corrected chi connectivity index (χ4v) is 7.45. The minimum absolute atomic E-state index is 0.0458. The maximum atomic E-state index is 14.3. The molecule has 0 unspecified atom stereocenters. The van der Waals surface area contributed by atoms with Gasteiger partial charge in [-0.15, -0.1) is 0 Å². The third-order valence-corrected chi connectivity index (χ3v) is 9.58. The summed E-state index contributed by atoms with van der Waals surface area (Å²) in [5, 5.41) is 37.7. The van der Waals surface area contributed by atoms with Crippen molar-refractivity contribution in [2.45, 2.75) is 58.3 Å². The smallest absolute Gasteiger partial charge is 0.411 e. The number of aliphatic hydroxyl groups excluding tert-OH is 2. The van der Waals surface area contributed by atoms with Gasteiger partial charge in [0.1, 0.15) is 30.2 Å². The quantitative estimate of drug-likeness (QED) is 0.492. The Morgan fingerprint density at radius 3 is 2.54 bits per heavy atom. The molecule has 4 aliphatic carbocycles. The second-order valence-corrected chi connectivity index (χ2v) is 11.5. The first-order valence-electron chi connectivity index (χ1n) is 12.4. The highest BCUT2D eigenvalue weighted by Crippen LogP contribution is 2.71. The highest BCUT2D eigenvalue weighted by molar-refractivity contribution is 5.93. The summed E-state index contributed by atoms with van der Waals surface area (Å²) in [5.74, 6) is -0.532. The van der Waals surface area contributed by atoms with Gasteiger partial charge in [0.05, 0.1) is 5.41 Å². The summed E-state index contributed by atoms with van der Waals surface area (Å²) in [6.07, 6.45) is 0.854. The minimum atomic E-state index is -2.12. The van der Waals surface area contributed by atoms with Crippen LogP contribution in [0.1, 0.15) is 40.5 Å². The first-order chi connectivity index (χ1) is 16.5. The van der Waals surface area contributed by atoms with Crippen molar-refractivity contribution in [3.63, 3.8) is 0 Å². The second-order valence-electron chi connectivity index (χ2n) is 11.5. The SMILES string of the molecule is CC1=CC[C@]23C(=O)[C@@H](C=C(COC(=O)Nc4ccccc4)[C@@H](O)[C@]2(O)[C@H]1O)[C@H]1[C@@H](C[C@H]3C)C1(C)C. The molecule has 2 fully saturated rings. The summed E-state index contributed by atoms with van der Waals surface area (Å²) in [4.78, 5) is 26.8. The van der Waals surface area contributed by atoms with Crippen molar-refractivity contribution in [1.29, 1.82) is 0 Å². The topological polar surface area (TPSA) is 116 Å². The molecule has 1 amide bonds. The number of ketones is 1.